The van der Waals surface area contributed by atoms with Gasteiger partial charge in [-0.3, -0.25) is 9.89 Å². The van der Waals surface area contributed by atoms with Crippen molar-refractivity contribution in [2.75, 3.05) is 6.54 Å². The van der Waals surface area contributed by atoms with Crippen LogP contribution >= 0.6 is 11.6 Å². The SMILES string of the molecule is CCCCCN1C(=O)c2[nH]nc(-c3ccccc3)c2C1c1cccc(Cl)c1. The van der Waals surface area contributed by atoms with Gasteiger partial charge in [-0.15, -0.1) is 0 Å². The van der Waals surface area contributed by atoms with Gasteiger partial charge < -0.3 is 4.90 Å². The molecule has 3 aromatic rings. The van der Waals surface area contributed by atoms with Crippen molar-refractivity contribution in [1.29, 1.82) is 0 Å². The van der Waals surface area contributed by atoms with E-state index in [1.807, 2.05) is 59.5 Å². The number of unbranched alkanes of at least 4 members (excludes halogenated alkanes) is 2. The maximum atomic E-state index is 13.1. The lowest BCUT2D eigenvalue weighted by Gasteiger charge is -2.26. The number of H-pyrrole nitrogens is 1. The number of aromatic amines is 1. The minimum Gasteiger partial charge on any atom is -0.326 e. The van der Waals surface area contributed by atoms with Gasteiger partial charge in [0.05, 0.1) is 11.7 Å². The molecule has 1 N–H and O–H groups in total. The van der Waals surface area contributed by atoms with Gasteiger partial charge in [0.2, 0.25) is 0 Å². The second-order valence-electron chi connectivity index (χ2n) is 6.89. The van der Waals surface area contributed by atoms with Gasteiger partial charge in [0, 0.05) is 22.7 Å². The topological polar surface area (TPSA) is 49.0 Å². The van der Waals surface area contributed by atoms with Crippen LogP contribution < -0.4 is 0 Å². The molecule has 0 aliphatic carbocycles. The molecule has 0 fully saturated rings. The van der Waals surface area contributed by atoms with Gasteiger partial charge in [-0.2, -0.15) is 5.10 Å². The summed E-state index contributed by atoms with van der Waals surface area (Å²) in [5.74, 6) is 0.0146. The molecule has 0 saturated carbocycles. The molecule has 2 aromatic carbocycles. The van der Waals surface area contributed by atoms with E-state index in [-0.39, 0.29) is 11.9 Å². The zero-order chi connectivity index (χ0) is 18.8. The van der Waals surface area contributed by atoms with Gasteiger partial charge in [-0.1, -0.05) is 73.8 Å². The second kappa shape index (κ2) is 7.57. The number of halogens is 1. The summed E-state index contributed by atoms with van der Waals surface area (Å²) in [6.45, 7) is 2.89. The summed E-state index contributed by atoms with van der Waals surface area (Å²) in [7, 11) is 0. The number of nitrogens with one attached hydrogen (secondary N) is 1. The second-order valence-corrected chi connectivity index (χ2v) is 7.33. The van der Waals surface area contributed by atoms with Crippen molar-refractivity contribution in [3.05, 3.63) is 76.4 Å². The quantitative estimate of drug-likeness (QED) is 0.577. The number of hydrogen-bond donors (Lipinski definition) is 1. The lowest BCUT2D eigenvalue weighted by Crippen LogP contribution is -2.30. The van der Waals surface area contributed by atoms with Crippen molar-refractivity contribution in [3.8, 4) is 11.3 Å². The maximum Gasteiger partial charge on any atom is 0.273 e. The van der Waals surface area contributed by atoms with Gasteiger partial charge >= 0.3 is 0 Å². The molecule has 1 aliphatic heterocycles. The Bertz CT molecular complexity index is 951. The van der Waals surface area contributed by atoms with Gasteiger partial charge in [-0.05, 0) is 24.1 Å². The van der Waals surface area contributed by atoms with Gasteiger partial charge in [0.15, 0.2) is 0 Å². The average Bonchev–Trinajstić information content (AvgIpc) is 3.22. The Hall–Kier alpha value is -2.59. The third kappa shape index (κ3) is 3.26. The largest absolute Gasteiger partial charge is 0.326 e. The number of benzene rings is 2. The molecule has 0 saturated heterocycles. The van der Waals surface area contributed by atoms with E-state index in [2.05, 4.69) is 17.1 Å². The first kappa shape index (κ1) is 17.8. The van der Waals surface area contributed by atoms with Gasteiger partial charge in [-0.25, -0.2) is 0 Å². The number of rotatable bonds is 6. The van der Waals surface area contributed by atoms with Crippen LogP contribution in [0.4, 0.5) is 0 Å². The summed E-state index contributed by atoms with van der Waals surface area (Å²) in [6.07, 6.45) is 3.20. The summed E-state index contributed by atoms with van der Waals surface area (Å²) in [5.41, 5.74) is 4.40. The molecule has 27 heavy (non-hydrogen) atoms. The van der Waals surface area contributed by atoms with E-state index in [1.54, 1.807) is 0 Å². The molecule has 4 nitrogen and oxygen atoms in total. The van der Waals surface area contributed by atoms with E-state index < -0.39 is 0 Å². The molecule has 2 heterocycles. The fraction of sp³-hybridized carbons (Fsp3) is 0.273. The zero-order valence-corrected chi connectivity index (χ0v) is 16.0. The Balaban J connectivity index is 1.82. The van der Waals surface area contributed by atoms with Crippen molar-refractivity contribution in [2.45, 2.75) is 32.2 Å². The standard InChI is InChI=1S/C22H22ClN3O/c1-2-3-7-13-26-21(16-11-8-12-17(23)14-16)18-19(15-9-5-4-6-10-15)24-25-20(18)22(26)27/h4-6,8-12,14,21H,2-3,7,13H2,1H3,(H,24,25). The zero-order valence-electron chi connectivity index (χ0n) is 15.3. The van der Waals surface area contributed by atoms with Crippen LogP contribution in [0.25, 0.3) is 11.3 Å². The van der Waals surface area contributed by atoms with E-state index in [1.165, 1.54) is 0 Å². The van der Waals surface area contributed by atoms with Crippen LogP contribution in [0.5, 0.6) is 0 Å². The molecule has 5 heteroatoms. The van der Waals surface area contributed by atoms with Crippen molar-refractivity contribution in [1.82, 2.24) is 15.1 Å². The fourth-order valence-electron chi connectivity index (χ4n) is 3.80. The molecular weight excluding hydrogens is 358 g/mol. The van der Waals surface area contributed by atoms with Crippen LogP contribution in [0.3, 0.4) is 0 Å². The maximum absolute atomic E-state index is 13.1. The van der Waals surface area contributed by atoms with Crippen LogP contribution in [0.2, 0.25) is 5.02 Å². The summed E-state index contributed by atoms with van der Waals surface area (Å²) in [6, 6.07) is 17.6. The van der Waals surface area contributed by atoms with Gasteiger partial charge in [0.1, 0.15) is 5.69 Å². The van der Waals surface area contributed by atoms with Crippen molar-refractivity contribution in [3.63, 3.8) is 0 Å². The molecule has 4 rings (SSSR count). The molecule has 0 spiro atoms. The number of carbonyl (C=O) groups is 1. The van der Waals surface area contributed by atoms with Crippen LogP contribution in [0, 0.1) is 0 Å². The lowest BCUT2D eigenvalue weighted by molar-refractivity contribution is 0.0740. The smallest absolute Gasteiger partial charge is 0.273 e. The van der Waals surface area contributed by atoms with Crippen molar-refractivity contribution in [2.24, 2.45) is 0 Å². The highest BCUT2D eigenvalue weighted by molar-refractivity contribution is 6.30. The molecular formula is C22H22ClN3O. The molecule has 1 unspecified atom stereocenters. The molecule has 1 amide bonds. The monoisotopic (exact) mass is 379 g/mol. The molecule has 1 aromatic heterocycles. The summed E-state index contributed by atoms with van der Waals surface area (Å²) < 4.78 is 0. The summed E-state index contributed by atoms with van der Waals surface area (Å²) in [4.78, 5) is 15.1. The van der Waals surface area contributed by atoms with E-state index in [0.717, 1.165) is 48.2 Å². The summed E-state index contributed by atoms with van der Waals surface area (Å²) in [5, 5.41) is 8.15. The summed E-state index contributed by atoms with van der Waals surface area (Å²) >= 11 is 6.27. The Labute approximate surface area is 164 Å². The first-order valence-electron chi connectivity index (χ1n) is 9.40. The van der Waals surface area contributed by atoms with E-state index in [9.17, 15) is 4.79 Å². The number of hydrogen-bond acceptors (Lipinski definition) is 2. The normalized spacial score (nSPS) is 16.0. The highest BCUT2D eigenvalue weighted by Crippen LogP contribution is 2.43. The van der Waals surface area contributed by atoms with Crippen molar-refractivity contribution < 1.29 is 4.79 Å². The Morgan fingerprint density at radius 3 is 2.67 bits per heavy atom. The van der Waals surface area contributed by atoms with Crippen LogP contribution in [-0.4, -0.2) is 27.5 Å². The molecule has 0 radical (unpaired) electrons. The Morgan fingerprint density at radius 2 is 1.93 bits per heavy atom. The minimum absolute atomic E-state index is 0.0146. The molecule has 138 valence electrons. The minimum atomic E-state index is -0.169. The van der Waals surface area contributed by atoms with Crippen molar-refractivity contribution >= 4 is 17.5 Å². The highest BCUT2D eigenvalue weighted by atomic mass is 35.5. The number of fused-ring (bicyclic) bond motifs is 1. The van der Waals surface area contributed by atoms with Crippen LogP contribution in [0.15, 0.2) is 54.6 Å². The van der Waals surface area contributed by atoms with E-state index in [0.29, 0.717) is 10.7 Å². The molecule has 1 atom stereocenters. The number of carbonyl (C=O) groups excluding carboxylic acids is 1. The predicted molar refractivity (Wildman–Crippen MR) is 108 cm³/mol. The van der Waals surface area contributed by atoms with E-state index in [4.69, 9.17) is 11.6 Å². The average molecular weight is 380 g/mol. The third-order valence-corrected chi connectivity index (χ3v) is 5.31. The van der Waals surface area contributed by atoms with Crippen LogP contribution in [0.1, 0.15) is 53.8 Å². The first-order valence-corrected chi connectivity index (χ1v) is 9.78. The molecule has 0 bridgehead atoms. The Kier molecular flexibility index (Phi) is 4.99. The number of nitrogens with zero attached hydrogens (tertiary/aromatic N) is 2. The molecule has 1 aliphatic rings. The lowest BCUT2D eigenvalue weighted by atomic mass is 9.96. The predicted octanol–water partition coefficient (Wildman–Crippen LogP) is 5.47. The first-order chi connectivity index (χ1) is 13.2. The fourth-order valence-corrected chi connectivity index (χ4v) is 4.00. The van der Waals surface area contributed by atoms with Gasteiger partial charge in [0.25, 0.3) is 5.91 Å². The number of aromatic nitrogens is 2. The third-order valence-electron chi connectivity index (χ3n) is 5.08. The highest BCUT2D eigenvalue weighted by Gasteiger charge is 2.41. The van der Waals surface area contributed by atoms with Crippen LogP contribution in [-0.2, 0) is 0 Å². The Morgan fingerprint density at radius 1 is 1.11 bits per heavy atom. The van der Waals surface area contributed by atoms with E-state index >= 15 is 0 Å². The number of amides is 1.